The Hall–Kier alpha value is -4.08. The SMILES string of the molecule is Cc1nc(-c2cccc(C(=O)NCCN3Cc4ccc(C(=O)OC(C)C)cc4C3=O)n2)no1. The van der Waals surface area contributed by atoms with Crippen molar-refractivity contribution in [1.82, 2.24) is 25.3 Å². The average molecular weight is 449 g/mol. The van der Waals surface area contributed by atoms with Gasteiger partial charge in [-0.05, 0) is 43.7 Å². The average Bonchev–Trinajstić information content (AvgIpc) is 3.36. The lowest BCUT2D eigenvalue weighted by Gasteiger charge is -2.15. The second-order valence-corrected chi connectivity index (χ2v) is 7.85. The third-order valence-corrected chi connectivity index (χ3v) is 4.97. The number of nitrogens with zero attached hydrogens (tertiary/aromatic N) is 4. The van der Waals surface area contributed by atoms with Crippen LogP contribution < -0.4 is 5.32 Å². The van der Waals surface area contributed by atoms with E-state index in [2.05, 4.69) is 20.4 Å². The molecule has 33 heavy (non-hydrogen) atoms. The monoisotopic (exact) mass is 449 g/mol. The molecule has 0 spiro atoms. The number of pyridine rings is 1. The fraction of sp³-hybridized carbons (Fsp3) is 0.304. The predicted molar refractivity (Wildman–Crippen MR) is 116 cm³/mol. The lowest BCUT2D eigenvalue weighted by Crippen LogP contribution is -2.35. The lowest BCUT2D eigenvalue weighted by atomic mass is 10.1. The summed E-state index contributed by atoms with van der Waals surface area (Å²) >= 11 is 0. The summed E-state index contributed by atoms with van der Waals surface area (Å²) in [7, 11) is 0. The second kappa shape index (κ2) is 9.19. The number of fused-ring (bicyclic) bond motifs is 1. The van der Waals surface area contributed by atoms with E-state index in [0.29, 0.717) is 41.6 Å². The minimum Gasteiger partial charge on any atom is -0.459 e. The number of amides is 2. The van der Waals surface area contributed by atoms with Crippen molar-refractivity contribution in [2.75, 3.05) is 13.1 Å². The van der Waals surface area contributed by atoms with Crippen molar-refractivity contribution in [3.63, 3.8) is 0 Å². The van der Waals surface area contributed by atoms with Crippen LogP contribution in [0.4, 0.5) is 0 Å². The highest BCUT2D eigenvalue weighted by molar-refractivity contribution is 6.01. The van der Waals surface area contributed by atoms with Crippen molar-refractivity contribution in [1.29, 1.82) is 0 Å². The minimum absolute atomic E-state index is 0.189. The van der Waals surface area contributed by atoms with Gasteiger partial charge in [0.15, 0.2) is 0 Å². The lowest BCUT2D eigenvalue weighted by molar-refractivity contribution is 0.0377. The van der Waals surface area contributed by atoms with Crippen molar-refractivity contribution in [3.05, 3.63) is 64.7 Å². The Balaban J connectivity index is 1.35. The molecule has 0 saturated heterocycles. The first-order valence-electron chi connectivity index (χ1n) is 10.5. The van der Waals surface area contributed by atoms with Crippen LogP contribution >= 0.6 is 0 Å². The highest BCUT2D eigenvalue weighted by Gasteiger charge is 2.28. The Morgan fingerprint density at radius 3 is 2.76 bits per heavy atom. The fourth-order valence-corrected chi connectivity index (χ4v) is 3.43. The van der Waals surface area contributed by atoms with E-state index in [9.17, 15) is 14.4 Å². The van der Waals surface area contributed by atoms with Crippen molar-refractivity contribution < 1.29 is 23.6 Å². The summed E-state index contributed by atoms with van der Waals surface area (Å²) < 4.78 is 10.1. The number of esters is 1. The van der Waals surface area contributed by atoms with Crippen LogP contribution in [0.5, 0.6) is 0 Å². The molecule has 0 radical (unpaired) electrons. The Morgan fingerprint density at radius 2 is 2.03 bits per heavy atom. The molecule has 1 N–H and O–H groups in total. The topological polar surface area (TPSA) is 128 Å². The van der Waals surface area contributed by atoms with E-state index in [-0.39, 0.29) is 30.2 Å². The zero-order valence-corrected chi connectivity index (χ0v) is 18.5. The van der Waals surface area contributed by atoms with Crippen molar-refractivity contribution in [2.45, 2.75) is 33.4 Å². The van der Waals surface area contributed by atoms with Crippen LogP contribution in [0.2, 0.25) is 0 Å². The third-order valence-electron chi connectivity index (χ3n) is 4.97. The summed E-state index contributed by atoms with van der Waals surface area (Å²) in [5.74, 6) is -0.316. The molecule has 10 heteroatoms. The zero-order valence-electron chi connectivity index (χ0n) is 18.5. The Bertz CT molecular complexity index is 1220. The van der Waals surface area contributed by atoms with Crippen molar-refractivity contribution >= 4 is 17.8 Å². The standard InChI is InChI=1S/C23H23N5O5/c1-13(2)32-23(31)15-7-8-16-12-28(22(30)17(16)11-15)10-9-24-21(29)19-6-4-5-18(26-19)20-25-14(3)33-27-20/h4-8,11,13H,9-10,12H2,1-3H3,(H,24,29). The van der Waals surface area contributed by atoms with E-state index >= 15 is 0 Å². The molecule has 2 amide bonds. The van der Waals surface area contributed by atoms with Crippen LogP contribution in [-0.4, -0.2) is 57.0 Å². The molecule has 2 aromatic heterocycles. The molecule has 1 aliphatic heterocycles. The van der Waals surface area contributed by atoms with Gasteiger partial charge in [0.25, 0.3) is 11.8 Å². The second-order valence-electron chi connectivity index (χ2n) is 7.85. The Kier molecular flexibility index (Phi) is 6.16. The van der Waals surface area contributed by atoms with Crippen LogP contribution in [0.1, 0.15) is 56.5 Å². The van der Waals surface area contributed by atoms with E-state index < -0.39 is 5.97 Å². The quantitative estimate of drug-likeness (QED) is 0.545. The van der Waals surface area contributed by atoms with Crippen LogP contribution in [0.3, 0.4) is 0 Å². The van der Waals surface area contributed by atoms with E-state index in [1.807, 2.05) is 0 Å². The van der Waals surface area contributed by atoms with Gasteiger partial charge in [0.1, 0.15) is 11.4 Å². The largest absolute Gasteiger partial charge is 0.459 e. The molecular weight excluding hydrogens is 426 g/mol. The molecule has 10 nitrogen and oxygen atoms in total. The summed E-state index contributed by atoms with van der Waals surface area (Å²) in [6.45, 7) is 6.18. The van der Waals surface area contributed by atoms with Crippen LogP contribution in [-0.2, 0) is 11.3 Å². The van der Waals surface area contributed by atoms with E-state index in [4.69, 9.17) is 9.26 Å². The van der Waals surface area contributed by atoms with Crippen LogP contribution in [0.15, 0.2) is 40.9 Å². The first-order valence-corrected chi connectivity index (χ1v) is 10.5. The molecule has 0 aliphatic carbocycles. The number of aryl methyl sites for hydroxylation is 1. The van der Waals surface area contributed by atoms with E-state index in [0.717, 1.165) is 5.56 Å². The van der Waals surface area contributed by atoms with Crippen LogP contribution in [0, 0.1) is 6.92 Å². The Morgan fingerprint density at radius 1 is 1.21 bits per heavy atom. The molecule has 0 unspecified atom stereocenters. The first kappa shape index (κ1) is 22.1. The van der Waals surface area contributed by atoms with Gasteiger partial charge in [0.05, 0.1) is 11.7 Å². The van der Waals surface area contributed by atoms with Gasteiger partial charge in [-0.2, -0.15) is 4.98 Å². The zero-order chi connectivity index (χ0) is 23.5. The number of nitrogens with one attached hydrogen (secondary N) is 1. The van der Waals surface area contributed by atoms with Gasteiger partial charge in [-0.3, -0.25) is 9.59 Å². The van der Waals surface area contributed by atoms with E-state index in [1.165, 1.54) is 0 Å². The van der Waals surface area contributed by atoms with Gasteiger partial charge in [-0.1, -0.05) is 17.3 Å². The highest BCUT2D eigenvalue weighted by Crippen LogP contribution is 2.24. The molecule has 4 rings (SSSR count). The number of aromatic nitrogens is 3. The summed E-state index contributed by atoms with van der Waals surface area (Å²) in [6, 6.07) is 9.94. The third kappa shape index (κ3) is 4.89. The smallest absolute Gasteiger partial charge is 0.338 e. The molecule has 0 atom stereocenters. The van der Waals surface area contributed by atoms with Gasteiger partial charge < -0.3 is 19.5 Å². The van der Waals surface area contributed by atoms with Crippen molar-refractivity contribution in [3.8, 4) is 11.5 Å². The Labute approximate surface area is 190 Å². The minimum atomic E-state index is -0.461. The summed E-state index contributed by atoms with van der Waals surface area (Å²) in [5.41, 5.74) is 2.28. The maximum absolute atomic E-state index is 12.8. The first-order chi connectivity index (χ1) is 15.8. The van der Waals surface area contributed by atoms with E-state index in [1.54, 1.807) is 62.1 Å². The number of hydrogen-bond donors (Lipinski definition) is 1. The van der Waals surface area contributed by atoms with Crippen LogP contribution in [0.25, 0.3) is 11.5 Å². The molecule has 170 valence electrons. The number of ether oxygens (including phenoxy) is 1. The highest BCUT2D eigenvalue weighted by atomic mass is 16.5. The normalized spacial score (nSPS) is 12.7. The molecule has 3 aromatic rings. The summed E-state index contributed by atoms with van der Waals surface area (Å²) in [5, 5.41) is 6.58. The number of hydrogen-bond acceptors (Lipinski definition) is 8. The number of benzene rings is 1. The number of rotatable bonds is 7. The molecule has 3 heterocycles. The molecule has 0 fully saturated rings. The van der Waals surface area contributed by atoms with Crippen molar-refractivity contribution in [2.24, 2.45) is 0 Å². The van der Waals surface area contributed by atoms with Gasteiger partial charge in [0, 0.05) is 32.1 Å². The molecule has 1 aliphatic rings. The van der Waals surface area contributed by atoms with Gasteiger partial charge >= 0.3 is 5.97 Å². The number of carbonyl (C=O) groups is 3. The fourth-order valence-electron chi connectivity index (χ4n) is 3.43. The predicted octanol–water partition coefficient (Wildman–Crippen LogP) is 2.39. The molecule has 0 bridgehead atoms. The summed E-state index contributed by atoms with van der Waals surface area (Å²) in [4.78, 5) is 47.4. The summed E-state index contributed by atoms with van der Waals surface area (Å²) in [6.07, 6.45) is -0.243. The molecule has 0 saturated carbocycles. The molecule has 1 aromatic carbocycles. The maximum atomic E-state index is 12.8. The number of carbonyl (C=O) groups excluding carboxylic acids is 3. The maximum Gasteiger partial charge on any atom is 0.338 e. The molecular formula is C23H23N5O5. The van der Waals surface area contributed by atoms with Gasteiger partial charge in [-0.15, -0.1) is 0 Å². The van der Waals surface area contributed by atoms with Gasteiger partial charge in [0.2, 0.25) is 11.7 Å². The van der Waals surface area contributed by atoms with Gasteiger partial charge in [-0.25, -0.2) is 9.78 Å².